The van der Waals surface area contributed by atoms with E-state index in [1.165, 1.54) is 17.5 Å². The lowest BCUT2D eigenvalue weighted by Crippen LogP contribution is -2.25. The average Bonchev–Trinajstić information content (AvgIpc) is 3.41. The highest BCUT2D eigenvalue weighted by Gasteiger charge is 2.24. The maximum Gasteiger partial charge on any atom is 0.268 e. The molecular formula is C22H17ClN4O2S. The molecule has 6 nitrogen and oxygen atoms in total. The van der Waals surface area contributed by atoms with Crippen molar-refractivity contribution in [1.29, 1.82) is 0 Å². The molecule has 0 spiro atoms. The van der Waals surface area contributed by atoms with E-state index in [4.69, 9.17) is 16.3 Å². The highest BCUT2D eigenvalue weighted by Crippen LogP contribution is 2.42. The molecule has 0 radical (unpaired) electrons. The highest BCUT2D eigenvalue weighted by atomic mass is 35.5. The van der Waals surface area contributed by atoms with Gasteiger partial charge in [0.2, 0.25) is 0 Å². The van der Waals surface area contributed by atoms with E-state index in [-0.39, 0.29) is 5.91 Å². The molecule has 3 aromatic heterocycles. The van der Waals surface area contributed by atoms with Gasteiger partial charge in [0.1, 0.15) is 5.75 Å². The highest BCUT2D eigenvalue weighted by molar-refractivity contribution is 7.17. The fourth-order valence-electron chi connectivity index (χ4n) is 3.55. The second-order valence-corrected chi connectivity index (χ2v) is 8.41. The fraction of sp³-hybridized carbons (Fsp3) is 0.136. The molecule has 1 aliphatic rings. The van der Waals surface area contributed by atoms with Crippen molar-refractivity contribution in [2.45, 2.75) is 6.42 Å². The van der Waals surface area contributed by atoms with Crippen LogP contribution in [0.5, 0.6) is 5.75 Å². The molecule has 0 saturated heterocycles. The number of H-pyrrole nitrogens is 1. The molecule has 4 aromatic rings. The summed E-state index contributed by atoms with van der Waals surface area (Å²) in [6.45, 7) is 0.561. The quantitative estimate of drug-likeness (QED) is 0.487. The van der Waals surface area contributed by atoms with E-state index in [1.54, 1.807) is 30.4 Å². The Morgan fingerprint density at radius 1 is 1.23 bits per heavy atom. The lowest BCUT2D eigenvalue weighted by atomic mass is 10.0. The SMILES string of the molecule is CN(C(=O)c1cc2c(s1)-c1ccc(-c3cn[nH]c3)cc1OCC2)c1ccncc1Cl. The number of carbonyl (C=O) groups is 1. The number of rotatable bonds is 3. The summed E-state index contributed by atoms with van der Waals surface area (Å²) in [7, 11) is 1.72. The maximum atomic E-state index is 13.1. The molecule has 150 valence electrons. The van der Waals surface area contributed by atoms with E-state index in [0.29, 0.717) is 22.2 Å². The van der Waals surface area contributed by atoms with E-state index in [1.807, 2.05) is 24.4 Å². The lowest BCUT2D eigenvalue weighted by Gasteiger charge is -2.17. The number of pyridine rings is 1. The van der Waals surface area contributed by atoms with Gasteiger partial charge in [0.15, 0.2) is 0 Å². The maximum absolute atomic E-state index is 13.1. The Hall–Kier alpha value is -3.16. The summed E-state index contributed by atoms with van der Waals surface area (Å²) in [4.78, 5) is 20.4. The Morgan fingerprint density at radius 2 is 2.13 bits per heavy atom. The Balaban J connectivity index is 1.51. The minimum Gasteiger partial charge on any atom is -0.493 e. The number of anilines is 1. The van der Waals surface area contributed by atoms with Crippen LogP contribution < -0.4 is 9.64 Å². The number of thiophene rings is 1. The molecule has 5 rings (SSSR count). The summed E-state index contributed by atoms with van der Waals surface area (Å²) >= 11 is 7.70. The molecule has 8 heteroatoms. The third kappa shape index (κ3) is 3.26. The number of nitrogens with one attached hydrogen (secondary N) is 1. The first kappa shape index (κ1) is 18.8. The zero-order valence-corrected chi connectivity index (χ0v) is 17.6. The molecule has 0 fully saturated rings. The van der Waals surface area contributed by atoms with Gasteiger partial charge in [-0.1, -0.05) is 17.7 Å². The van der Waals surface area contributed by atoms with Crippen LogP contribution in [-0.2, 0) is 6.42 Å². The second-order valence-electron chi connectivity index (χ2n) is 6.95. The van der Waals surface area contributed by atoms with E-state index < -0.39 is 0 Å². The number of ether oxygens (including phenoxy) is 1. The normalized spacial score (nSPS) is 12.5. The van der Waals surface area contributed by atoms with Crippen LogP contribution >= 0.6 is 22.9 Å². The molecule has 1 aromatic carbocycles. The zero-order valence-electron chi connectivity index (χ0n) is 16.1. The van der Waals surface area contributed by atoms with Crippen LogP contribution in [0.1, 0.15) is 15.2 Å². The van der Waals surface area contributed by atoms with Crippen molar-refractivity contribution in [3.05, 3.63) is 70.6 Å². The van der Waals surface area contributed by atoms with Gasteiger partial charge in [0.25, 0.3) is 5.91 Å². The molecule has 1 N–H and O–H groups in total. The van der Waals surface area contributed by atoms with Gasteiger partial charge in [-0.2, -0.15) is 5.10 Å². The van der Waals surface area contributed by atoms with Crippen LogP contribution in [-0.4, -0.2) is 34.7 Å². The van der Waals surface area contributed by atoms with Gasteiger partial charge in [-0.25, -0.2) is 0 Å². The topological polar surface area (TPSA) is 71.1 Å². The number of carbonyl (C=O) groups excluding carboxylic acids is 1. The van der Waals surface area contributed by atoms with E-state index in [2.05, 4.69) is 21.2 Å². The van der Waals surface area contributed by atoms with Crippen molar-refractivity contribution in [1.82, 2.24) is 15.2 Å². The van der Waals surface area contributed by atoms with Crippen molar-refractivity contribution >= 4 is 34.5 Å². The molecule has 0 bridgehead atoms. The lowest BCUT2D eigenvalue weighted by molar-refractivity contribution is 0.0996. The van der Waals surface area contributed by atoms with E-state index in [9.17, 15) is 4.79 Å². The predicted molar refractivity (Wildman–Crippen MR) is 119 cm³/mol. The average molecular weight is 437 g/mol. The van der Waals surface area contributed by atoms with Gasteiger partial charge in [-0.15, -0.1) is 11.3 Å². The zero-order chi connectivity index (χ0) is 20.7. The van der Waals surface area contributed by atoms with Crippen LogP contribution in [0.3, 0.4) is 0 Å². The van der Waals surface area contributed by atoms with Crippen LogP contribution in [0.4, 0.5) is 5.69 Å². The van der Waals surface area contributed by atoms with Crippen molar-refractivity contribution < 1.29 is 9.53 Å². The molecule has 4 heterocycles. The summed E-state index contributed by atoms with van der Waals surface area (Å²) in [5.41, 5.74) is 4.79. The minimum atomic E-state index is -0.0985. The van der Waals surface area contributed by atoms with Crippen molar-refractivity contribution in [3.8, 4) is 27.3 Å². The third-order valence-electron chi connectivity index (χ3n) is 5.12. The second kappa shape index (κ2) is 7.59. The first-order valence-electron chi connectivity index (χ1n) is 9.38. The van der Waals surface area contributed by atoms with Crippen LogP contribution in [0.25, 0.3) is 21.6 Å². The number of nitrogens with zero attached hydrogens (tertiary/aromatic N) is 3. The minimum absolute atomic E-state index is 0.0985. The van der Waals surface area contributed by atoms with E-state index >= 15 is 0 Å². The molecule has 0 unspecified atom stereocenters. The number of hydrogen-bond acceptors (Lipinski definition) is 5. The summed E-state index contributed by atoms with van der Waals surface area (Å²) < 4.78 is 6.02. The monoisotopic (exact) mass is 436 g/mol. The standard InChI is InChI=1S/C22H17ClN4O2S/c1-27(18-4-6-24-12-17(18)23)22(28)20-9-14-5-7-29-19-8-13(15-10-25-26-11-15)2-3-16(19)21(14)30-20/h2-4,6,8-12H,5,7H2,1H3,(H,25,26). The van der Waals surface area contributed by atoms with Gasteiger partial charge in [0.05, 0.1) is 28.4 Å². The van der Waals surface area contributed by atoms with Crippen LogP contribution in [0.15, 0.2) is 55.1 Å². The largest absolute Gasteiger partial charge is 0.493 e. The van der Waals surface area contributed by atoms with Crippen molar-refractivity contribution in [3.63, 3.8) is 0 Å². The molecule has 1 aliphatic heterocycles. The van der Waals surface area contributed by atoms with E-state index in [0.717, 1.165) is 39.3 Å². The number of benzene rings is 1. The molecule has 0 saturated carbocycles. The van der Waals surface area contributed by atoms with Crippen molar-refractivity contribution in [2.75, 3.05) is 18.6 Å². The van der Waals surface area contributed by atoms with Gasteiger partial charge in [0, 0.05) is 48.1 Å². The number of hydrogen-bond donors (Lipinski definition) is 1. The van der Waals surface area contributed by atoms with Crippen LogP contribution in [0.2, 0.25) is 5.02 Å². The molecular weight excluding hydrogens is 420 g/mol. The third-order valence-corrected chi connectivity index (χ3v) is 6.61. The summed E-state index contributed by atoms with van der Waals surface area (Å²) in [5, 5.41) is 7.29. The summed E-state index contributed by atoms with van der Waals surface area (Å²) in [6, 6.07) is 9.83. The number of aromatic nitrogens is 3. The molecule has 0 aliphatic carbocycles. The number of fused-ring (bicyclic) bond motifs is 3. The smallest absolute Gasteiger partial charge is 0.268 e. The number of aromatic amines is 1. The Morgan fingerprint density at radius 3 is 2.93 bits per heavy atom. The predicted octanol–water partition coefficient (Wildman–Crippen LogP) is 5.07. The first-order chi connectivity index (χ1) is 14.6. The number of halogens is 1. The summed E-state index contributed by atoms with van der Waals surface area (Å²) in [6.07, 6.45) is 7.54. The van der Waals surface area contributed by atoms with Gasteiger partial charge in [-0.05, 0) is 35.4 Å². The van der Waals surface area contributed by atoms with Gasteiger partial charge < -0.3 is 9.64 Å². The fourth-order valence-corrected chi connectivity index (χ4v) is 5.01. The molecule has 1 amide bonds. The molecule has 30 heavy (non-hydrogen) atoms. The number of amides is 1. The molecule has 0 atom stereocenters. The van der Waals surface area contributed by atoms with Gasteiger partial charge >= 0.3 is 0 Å². The first-order valence-corrected chi connectivity index (χ1v) is 10.6. The van der Waals surface area contributed by atoms with Crippen molar-refractivity contribution in [2.24, 2.45) is 0 Å². The Kier molecular flexibility index (Phi) is 4.77. The van der Waals surface area contributed by atoms with Crippen LogP contribution in [0, 0.1) is 0 Å². The Bertz CT molecular complexity index is 1240. The van der Waals surface area contributed by atoms with Gasteiger partial charge in [-0.3, -0.25) is 14.9 Å². The summed E-state index contributed by atoms with van der Waals surface area (Å²) in [5.74, 6) is 0.720. The Labute approximate surface area is 182 Å².